The summed E-state index contributed by atoms with van der Waals surface area (Å²) in [6, 6.07) is 52.6. The molecule has 0 N–H and O–H groups in total. The second kappa shape index (κ2) is 13.8. The van der Waals surface area contributed by atoms with Crippen LogP contribution in [0.5, 0.6) is 11.5 Å². The summed E-state index contributed by atoms with van der Waals surface area (Å²) in [6.45, 7) is 13.7. The van der Waals surface area contributed by atoms with Crippen LogP contribution in [0.2, 0.25) is 0 Å². The third kappa shape index (κ3) is 5.20. The van der Waals surface area contributed by atoms with E-state index in [1.165, 1.54) is 33.2 Å². The van der Waals surface area contributed by atoms with Gasteiger partial charge in [-0.1, -0.05) is 141 Å². The van der Waals surface area contributed by atoms with Gasteiger partial charge in [-0.25, -0.2) is 4.98 Å². The van der Waals surface area contributed by atoms with E-state index in [-0.39, 0.29) is 26.5 Å². The molecule has 11 rings (SSSR count). The van der Waals surface area contributed by atoms with Crippen LogP contribution in [0.3, 0.4) is 0 Å². The average molecular weight is 946 g/mol. The zero-order valence-corrected chi connectivity index (χ0v) is 36.1. The summed E-state index contributed by atoms with van der Waals surface area (Å²) in [4.78, 5) is 10.6. The van der Waals surface area contributed by atoms with Crippen LogP contribution >= 0.6 is 0 Å². The SMILES string of the molecule is Cc1ccccc1-c1nc2c3[c-]c(Oc4[c-]c5c(cc4)c4cccc6c4n5-c4ncccc4C6(C(C)C)C(C)C)ccc3c3ccccc3n2c1-c1ccccc1C.[Pt+2]. The fourth-order valence-electron chi connectivity index (χ4n) is 10.4. The number of para-hydroxylation sites is 2. The molecule has 0 aliphatic carbocycles. The predicted octanol–water partition coefficient (Wildman–Crippen LogP) is 13.4. The van der Waals surface area contributed by atoms with E-state index in [1.807, 2.05) is 18.3 Å². The molecule has 10 aromatic rings. The first-order chi connectivity index (χ1) is 28.3. The Bertz CT molecular complexity index is 3310. The van der Waals surface area contributed by atoms with E-state index < -0.39 is 0 Å². The number of rotatable bonds is 6. The number of hydrogen-bond acceptors (Lipinski definition) is 3. The maximum absolute atomic E-state index is 6.77. The van der Waals surface area contributed by atoms with Crippen LogP contribution in [0.15, 0.2) is 134 Å². The Morgan fingerprint density at radius 3 is 2.00 bits per heavy atom. The standard InChI is InChI=1S/C53H42N4O.Pt/c1-31(2)53(32(3)4)44-21-13-20-42-41-27-25-36(30-47(41)57(49(42)44)52-45(53)22-14-28-54-52)58-35-24-26-39-40-19-11-12-23-46(40)56-50(38-18-10-8-16-34(38)6)48(55-51(56)43(39)29-35)37-17-9-7-15-33(37)5;/h7-28,31-32H,1-6H3;/q-2;+2. The fourth-order valence-corrected chi connectivity index (χ4v) is 10.4. The topological polar surface area (TPSA) is 44.3 Å². The first-order valence-electron chi connectivity index (χ1n) is 20.3. The Morgan fingerprint density at radius 2 is 1.25 bits per heavy atom. The number of benzene rings is 6. The number of pyridine rings is 2. The largest absolute Gasteiger partial charge is 2.00 e. The van der Waals surface area contributed by atoms with Gasteiger partial charge in [0.15, 0.2) is 0 Å². The molecule has 1 aliphatic heterocycles. The van der Waals surface area contributed by atoms with Gasteiger partial charge in [-0.15, -0.1) is 29.7 Å². The molecule has 0 amide bonds. The first kappa shape index (κ1) is 37.3. The number of nitrogens with zero attached hydrogens (tertiary/aromatic N) is 4. The van der Waals surface area contributed by atoms with Gasteiger partial charge in [0.1, 0.15) is 5.82 Å². The summed E-state index contributed by atoms with van der Waals surface area (Å²) in [5.41, 5.74) is 13.2. The molecule has 0 unspecified atom stereocenters. The van der Waals surface area contributed by atoms with Crippen molar-refractivity contribution in [2.75, 3.05) is 0 Å². The van der Waals surface area contributed by atoms with Crippen LogP contribution in [0.25, 0.3) is 77.5 Å². The maximum Gasteiger partial charge on any atom is 2.00 e. The normalized spacial score (nSPS) is 13.2. The van der Waals surface area contributed by atoms with E-state index in [9.17, 15) is 0 Å². The van der Waals surface area contributed by atoms with E-state index in [2.05, 4.69) is 178 Å². The van der Waals surface area contributed by atoms with Gasteiger partial charge in [0.2, 0.25) is 0 Å². The van der Waals surface area contributed by atoms with E-state index in [4.69, 9.17) is 14.7 Å². The third-order valence-corrected chi connectivity index (χ3v) is 12.9. The van der Waals surface area contributed by atoms with Crippen LogP contribution in [-0.4, -0.2) is 18.9 Å². The molecule has 4 aromatic heterocycles. The minimum Gasteiger partial charge on any atom is -0.503 e. The number of ether oxygens (including phenoxy) is 1. The minimum absolute atomic E-state index is 0. The van der Waals surface area contributed by atoms with E-state index in [0.717, 1.165) is 66.6 Å². The molecule has 0 radical (unpaired) electrons. The molecule has 6 heteroatoms. The first-order valence-corrected chi connectivity index (χ1v) is 20.3. The van der Waals surface area contributed by atoms with E-state index >= 15 is 0 Å². The molecule has 6 aromatic carbocycles. The van der Waals surface area contributed by atoms with Gasteiger partial charge in [0, 0.05) is 50.8 Å². The number of fused-ring (bicyclic) bond motifs is 11. The average Bonchev–Trinajstić information content (AvgIpc) is 3.79. The van der Waals surface area contributed by atoms with Crippen molar-refractivity contribution in [2.24, 2.45) is 11.8 Å². The molecular weight excluding hydrogens is 904 g/mol. The number of hydrogen-bond donors (Lipinski definition) is 0. The van der Waals surface area contributed by atoms with Crippen LogP contribution in [0, 0.1) is 37.8 Å². The van der Waals surface area contributed by atoms with Crippen LogP contribution in [0.1, 0.15) is 49.9 Å². The summed E-state index contributed by atoms with van der Waals surface area (Å²) in [5.74, 6) is 2.91. The Balaban J connectivity index is 0.00000420. The molecule has 0 saturated heterocycles. The predicted molar refractivity (Wildman–Crippen MR) is 237 cm³/mol. The summed E-state index contributed by atoms with van der Waals surface area (Å²) >= 11 is 0. The Labute approximate surface area is 358 Å². The smallest absolute Gasteiger partial charge is 0.503 e. The quantitative estimate of drug-likeness (QED) is 0.123. The van der Waals surface area contributed by atoms with Crippen molar-refractivity contribution in [2.45, 2.75) is 47.0 Å². The summed E-state index contributed by atoms with van der Waals surface area (Å²) < 4.78 is 11.4. The monoisotopic (exact) mass is 945 g/mol. The number of imidazole rings is 1. The van der Waals surface area contributed by atoms with Gasteiger partial charge in [-0.3, -0.25) is 4.98 Å². The molecule has 290 valence electrons. The zero-order valence-electron chi connectivity index (χ0n) is 33.9. The molecule has 0 spiro atoms. The Morgan fingerprint density at radius 1 is 0.610 bits per heavy atom. The van der Waals surface area contributed by atoms with Gasteiger partial charge < -0.3 is 13.7 Å². The van der Waals surface area contributed by atoms with Gasteiger partial charge in [-0.05, 0) is 65.3 Å². The third-order valence-electron chi connectivity index (χ3n) is 12.9. The molecule has 0 atom stereocenters. The summed E-state index contributed by atoms with van der Waals surface area (Å²) in [7, 11) is 0. The molecule has 0 saturated carbocycles. The molecule has 5 nitrogen and oxygen atoms in total. The maximum atomic E-state index is 6.77. The van der Waals surface area contributed by atoms with Crippen molar-refractivity contribution >= 4 is 49.1 Å². The Hall–Kier alpha value is -6.03. The minimum atomic E-state index is -0.187. The van der Waals surface area contributed by atoms with Crippen molar-refractivity contribution in [3.63, 3.8) is 0 Å². The summed E-state index contributed by atoms with van der Waals surface area (Å²) in [6.07, 6.45) is 1.91. The van der Waals surface area contributed by atoms with Crippen molar-refractivity contribution in [3.8, 4) is 39.8 Å². The zero-order chi connectivity index (χ0) is 39.4. The van der Waals surface area contributed by atoms with E-state index in [0.29, 0.717) is 23.3 Å². The number of aryl methyl sites for hydroxylation is 2. The molecule has 5 heterocycles. The van der Waals surface area contributed by atoms with Crippen molar-refractivity contribution in [3.05, 3.63) is 168 Å². The molecule has 1 aliphatic rings. The molecular formula is C53H42N4OPt. The van der Waals surface area contributed by atoms with Gasteiger partial charge in [0.05, 0.1) is 17.0 Å². The molecule has 0 bridgehead atoms. The summed E-state index contributed by atoms with van der Waals surface area (Å²) in [5, 5.41) is 5.44. The van der Waals surface area contributed by atoms with Crippen LogP contribution in [-0.2, 0) is 26.5 Å². The second-order valence-electron chi connectivity index (χ2n) is 16.5. The second-order valence-corrected chi connectivity index (χ2v) is 16.5. The van der Waals surface area contributed by atoms with Gasteiger partial charge in [0.25, 0.3) is 0 Å². The molecule has 0 fully saturated rings. The van der Waals surface area contributed by atoms with Gasteiger partial charge >= 0.3 is 21.1 Å². The number of aromatic nitrogens is 4. The van der Waals surface area contributed by atoms with Crippen LogP contribution in [0.4, 0.5) is 0 Å². The van der Waals surface area contributed by atoms with Crippen molar-refractivity contribution in [1.29, 1.82) is 0 Å². The molecule has 59 heavy (non-hydrogen) atoms. The van der Waals surface area contributed by atoms with E-state index in [1.54, 1.807) is 0 Å². The van der Waals surface area contributed by atoms with Gasteiger partial charge in [-0.2, -0.15) is 6.07 Å². The van der Waals surface area contributed by atoms with Crippen LogP contribution < -0.4 is 4.74 Å². The van der Waals surface area contributed by atoms with Crippen molar-refractivity contribution < 1.29 is 25.8 Å². The fraction of sp³-hybridized carbons (Fsp3) is 0.170. The van der Waals surface area contributed by atoms with Crippen molar-refractivity contribution in [1.82, 2.24) is 18.9 Å². The Kier molecular flexibility index (Phi) is 8.70.